The summed E-state index contributed by atoms with van der Waals surface area (Å²) in [6.07, 6.45) is 6.85. The molecule has 3 rings (SSSR count). The molecule has 2 aliphatic rings. The van der Waals surface area contributed by atoms with Crippen LogP contribution >= 0.6 is 0 Å². The SMILES string of the molecule is Cc1nc2n(n1)CCCC2NC(=NCC(=O)N(C)C)NC1CCCC1. The maximum Gasteiger partial charge on any atom is 0.243 e. The minimum atomic E-state index is -0.00447. The van der Waals surface area contributed by atoms with Crippen LogP contribution in [0.4, 0.5) is 0 Å². The number of aromatic nitrogens is 3. The molecule has 1 fully saturated rings. The number of rotatable bonds is 4. The fraction of sp³-hybridized carbons (Fsp3) is 0.765. The number of aliphatic imine (C=N–C) groups is 1. The van der Waals surface area contributed by atoms with Crippen molar-refractivity contribution >= 4 is 11.9 Å². The number of hydrogen-bond donors (Lipinski definition) is 2. The van der Waals surface area contributed by atoms with Gasteiger partial charge in [0.1, 0.15) is 18.2 Å². The smallest absolute Gasteiger partial charge is 0.243 e. The van der Waals surface area contributed by atoms with E-state index < -0.39 is 0 Å². The van der Waals surface area contributed by atoms with Crippen LogP contribution in [0, 0.1) is 6.92 Å². The molecule has 1 aliphatic carbocycles. The second-order valence-electron chi connectivity index (χ2n) is 7.16. The third-order valence-corrected chi connectivity index (χ3v) is 4.86. The van der Waals surface area contributed by atoms with Crippen LogP contribution in [-0.4, -0.2) is 58.2 Å². The topological polar surface area (TPSA) is 87.4 Å². The summed E-state index contributed by atoms with van der Waals surface area (Å²) in [6.45, 7) is 2.98. The van der Waals surface area contributed by atoms with Gasteiger partial charge in [-0.3, -0.25) is 4.79 Å². The summed E-state index contributed by atoms with van der Waals surface area (Å²) < 4.78 is 1.98. The van der Waals surface area contributed by atoms with Crippen molar-refractivity contribution in [1.82, 2.24) is 30.3 Å². The van der Waals surface area contributed by atoms with Crippen LogP contribution in [0.15, 0.2) is 4.99 Å². The number of fused-ring (bicyclic) bond motifs is 1. The monoisotopic (exact) mass is 347 g/mol. The van der Waals surface area contributed by atoms with Crippen LogP contribution < -0.4 is 10.6 Å². The summed E-state index contributed by atoms with van der Waals surface area (Å²) in [4.78, 5) is 22.6. The molecule has 0 aromatic carbocycles. The van der Waals surface area contributed by atoms with Crippen molar-refractivity contribution in [3.05, 3.63) is 11.6 Å². The summed E-state index contributed by atoms with van der Waals surface area (Å²) in [5.41, 5.74) is 0. The van der Waals surface area contributed by atoms with E-state index in [-0.39, 0.29) is 18.5 Å². The number of hydrogen-bond acceptors (Lipinski definition) is 4. The molecule has 1 aliphatic heterocycles. The molecule has 1 aromatic rings. The lowest BCUT2D eigenvalue weighted by atomic mass is 10.1. The summed E-state index contributed by atoms with van der Waals surface area (Å²) in [7, 11) is 3.50. The quantitative estimate of drug-likeness (QED) is 0.626. The molecule has 8 nitrogen and oxygen atoms in total. The lowest BCUT2D eigenvalue weighted by Crippen LogP contribution is -2.45. The molecule has 25 heavy (non-hydrogen) atoms. The number of amides is 1. The Labute approximate surface area is 149 Å². The summed E-state index contributed by atoms with van der Waals surface area (Å²) in [5, 5.41) is 11.5. The Morgan fingerprint density at radius 1 is 1.24 bits per heavy atom. The molecule has 0 saturated heterocycles. The van der Waals surface area contributed by atoms with E-state index in [4.69, 9.17) is 0 Å². The largest absolute Gasteiger partial charge is 0.354 e. The highest BCUT2D eigenvalue weighted by atomic mass is 16.2. The number of carbonyl (C=O) groups is 1. The number of guanidine groups is 1. The van der Waals surface area contributed by atoms with Gasteiger partial charge in [0.2, 0.25) is 5.91 Å². The van der Waals surface area contributed by atoms with E-state index >= 15 is 0 Å². The van der Waals surface area contributed by atoms with Crippen molar-refractivity contribution in [1.29, 1.82) is 0 Å². The maximum absolute atomic E-state index is 11.9. The Bertz CT molecular complexity index is 631. The van der Waals surface area contributed by atoms with Crippen LogP contribution in [0.5, 0.6) is 0 Å². The standard InChI is InChI=1S/C17H29N7O/c1-12-19-16-14(9-6-10-24(16)22-12)21-17(18-11-15(25)23(2)3)20-13-7-4-5-8-13/h13-14H,4-11H2,1-3H3,(H2,18,20,21). The molecular weight excluding hydrogens is 318 g/mol. The van der Waals surface area contributed by atoms with Crippen LogP contribution in [0.25, 0.3) is 0 Å². The van der Waals surface area contributed by atoms with Crippen LogP contribution in [0.1, 0.15) is 56.2 Å². The average Bonchev–Trinajstić information content (AvgIpc) is 3.21. The fourth-order valence-electron chi connectivity index (χ4n) is 3.45. The van der Waals surface area contributed by atoms with Crippen LogP contribution in [0.2, 0.25) is 0 Å². The number of nitrogens with one attached hydrogen (secondary N) is 2. The summed E-state index contributed by atoms with van der Waals surface area (Å²) >= 11 is 0. The van der Waals surface area contributed by atoms with Gasteiger partial charge in [-0.2, -0.15) is 5.10 Å². The molecule has 2 heterocycles. The zero-order valence-corrected chi connectivity index (χ0v) is 15.5. The zero-order chi connectivity index (χ0) is 17.8. The maximum atomic E-state index is 11.9. The molecule has 8 heteroatoms. The molecule has 0 spiro atoms. The molecule has 1 amide bonds. The van der Waals surface area contributed by atoms with Gasteiger partial charge < -0.3 is 15.5 Å². The van der Waals surface area contributed by atoms with Gasteiger partial charge in [-0.15, -0.1) is 0 Å². The van der Waals surface area contributed by atoms with Crippen molar-refractivity contribution in [2.24, 2.45) is 4.99 Å². The van der Waals surface area contributed by atoms with Crippen LogP contribution in [0.3, 0.4) is 0 Å². The van der Waals surface area contributed by atoms with E-state index in [2.05, 4.69) is 25.7 Å². The third kappa shape index (κ3) is 4.49. The molecular formula is C17H29N7O. The van der Waals surface area contributed by atoms with E-state index in [0.29, 0.717) is 12.0 Å². The summed E-state index contributed by atoms with van der Waals surface area (Å²) in [6, 6.07) is 0.515. The molecule has 1 unspecified atom stereocenters. The Morgan fingerprint density at radius 2 is 2.00 bits per heavy atom. The van der Waals surface area contributed by atoms with Gasteiger partial charge in [-0.25, -0.2) is 14.7 Å². The molecule has 1 aromatic heterocycles. The van der Waals surface area contributed by atoms with E-state index in [9.17, 15) is 4.79 Å². The van der Waals surface area contributed by atoms with Gasteiger partial charge in [-0.1, -0.05) is 12.8 Å². The lowest BCUT2D eigenvalue weighted by molar-refractivity contribution is -0.127. The first kappa shape index (κ1) is 17.7. The Kier molecular flexibility index (Phi) is 5.55. The molecule has 2 N–H and O–H groups in total. The van der Waals surface area contributed by atoms with E-state index in [1.54, 1.807) is 19.0 Å². The van der Waals surface area contributed by atoms with Gasteiger partial charge >= 0.3 is 0 Å². The minimum Gasteiger partial charge on any atom is -0.354 e. The van der Waals surface area contributed by atoms with Crippen molar-refractivity contribution in [2.45, 2.75) is 64.1 Å². The van der Waals surface area contributed by atoms with Crippen molar-refractivity contribution in [2.75, 3.05) is 20.6 Å². The van der Waals surface area contributed by atoms with E-state index in [1.807, 2.05) is 11.6 Å². The molecule has 0 bridgehead atoms. The molecule has 0 radical (unpaired) electrons. The summed E-state index contributed by atoms with van der Waals surface area (Å²) in [5.74, 6) is 2.47. The number of nitrogens with zero attached hydrogens (tertiary/aromatic N) is 5. The third-order valence-electron chi connectivity index (χ3n) is 4.86. The highest BCUT2D eigenvalue weighted by molar-refractivity contribution is 5.85. The van der Waals surface area contributed by atoms with Crippen molar-refractivity contribution in [3.63, 3.8) is 0 Å². The first-order chi connectivity index (χ1) is 12.0. The van der Waals surface area contributed by atoms with E-state index in [1.165, 1.54) is 12.8 Å². The second kappa shape index (κ2) is 7.84. The zero-order valence-electron chi connectivity index (χ0n) is 15.5. The number of likely N-dealkylation sites (N-methyl/N-ethyl adjacent to an activating group) is 1. The Hall–Kier alpha value is -2.12. The van der Waals surface area contributed by atoms with Crippen molar-refractivity contribution in [3.8, 4) is 0 Å². The lowest BCUT2D eigenvalue weighted by Gasteiger charge is -2.26. The predicted molar refractivity (Wildman–Crippen MR) is 96.3 cm³/mol. The van der Waals surface area contributed by atoms with Gasteiger partial charge in [0.15, 0.2) is 5.96 Å². The first-order valence-electron chi connectivity index (χ1n) is 9.22. The Morgan fingerprint density at radius 3 is 2.72 bits per heavy atom. The van der Waals surface area contributed by atoms with E-state index in [0.717, 1.165) is 43.9 Å². The molecule has 1 saturated carbocycles. The molecule has 138 valence electrons. The van der Waals surface area contributed by atoms with Crippen LogP contribution in [-0.2, 0) is 11.3 Å². The number of carbonyl (C=O) groups excluding carboxylic acids is 1. The highest BCUT2D eigenvalue weighted by Gasteiger charge is 2.25. The predicted octanol–water partition coefficient (Wildman–Crippen LogP) is 0.987. The minimum absolute atomic E-state index is 0.00447. The highest BCUT2D eigenvalue weighted by Crippen LogP contribution is 2.23. The Balaban J connectivity index is 1.72. The van der Waals surface area contributed by atoms with Crippen molar-refractivity contribution < 1.29 is 4.79 Å². The number of aryl methyl sites for hydroxylation is 2. The van der Waals surface area contributed by atoms with Gasteiger partial charge in [0, 0.05) is 26.7 Å². The first-order valence-corrected chi connectivity index (χ1v) is 9.22. The normalized spacial score (nSPS) is 21.1. The van der Waals surface area contributed by atoms with Gasteiger partial charge in [0.05, 0.1) is 6.04 Å². The molecule has 1 atom stereocenters. The average molecular weight is 347 g/mol. The second-order valence-corrected chi connectivity index (χ2v) is 7.16. The van der Waals surface area contributed by atoms with Gasteiger partial charge in [-0.05, 0) is 32.6 Å². The fourth-order valence-corrected chi connectivity index (χ4v) is 3.45. The van der Waals surface area contributed by atoms with Gasteiger partial charge in [0.25, 0.3) is 0 Å².